The van der Waals surface area contributed by atoms with E-state index in [2.05, 4.69) is 10.4 Å². The lowest BCUT2D eigenvalue weighted by atomic mass is 9.80. The summed E-state index contributed by atoms with van der Waals surface area (Å²) >= 11 is 0. The molecule has 0 aliphatic carbocycles. The monoisotopic (exact) mass is 289 g/mol. The second-order valence-corrected chi connectivity index (χ2v) is 5.49. The van der Waals surface area contributed by atoms with Gasteiger partial charge in [0, 0.05) is 18.8 Å². The van der Waals surface area contributed by atoms with E-state index in [1.165, 1.54) is 0 Å². The van der Waals surface area contributed by atoms with Crippen molar-refractivity contribution in [2.75, 3.05) is 13.1 Å². The molecule has 1 saturated heterocycles. The highest BCUT2D eigenvalue weighted by molar-refractivity contribution is 5.88. The van der Waals surface area contributed by atoms with Crippen molar-refractivity contribution in [2.45, 2.75) is 38.9 Å². The van der Waals surface area contributed by atoms with E-state index in [4.69, 9.17) is 0 Å². The molecule has 1 unspecified atom stereocenters. The Morgan fingerprint density at radius 3 is 2.70 bits per heavy atom. The van der Waals surface area contributed by atoms with Gasteiger partial charge in [0.05, 0.1) is 12.1 Å². The van der Waals surface area contributed by atoms with E-state index < -0.39 is 17.4 Å². The molecule has 20 heavy (non-hydrogen) atoms. The maximum absolute atomic E-state index is 13.2. The van der Waals surface area contributed by atoms with Gasteiger partial charge in [-0.2, -0.15) is 18.3 Å². The van der Waals surface area contributed by atoms with Crippen molar-refractivity contribution in [3.8, 4) is 0 Å². The first-order chi connectivity index (χ1) is 9.26. The minimum Gasteiger partial charge on any atom is -0.315 e. The number of hydrogen-bond donors (Lipinski definition) is 1. The zero-order valence-corrected chi connectivity index (χ0v) is 11.5. The second-order valence-electron chi connectivity index (χ2n) is 5.49. The Bertz CT molecular complexity index is 487. The quantitative estimate of drug-likeness (QED) is 0.923. The van der Waals surface area contributed by atoms with Crippen LogP contribution < -0.4 is 5.32 Å². The fourth-order valence-corrected chi connectivity index (χ4v) is 2.42. The number of alkyl halides is 3. The lowest BCUT2D eigenvalue weighted by Gasteiger charge is -2.29. The van der Waals surface area contributed by atoms with Crippen LogP contribution in [0.15, 0.2) is 12.3 Å². The first-order valence-electron chi connectivity index (χ1n) is 6.61. The molecule has 1 aliphatic rings. The maximum atomic E-state index is 13.2. The van der Waals surface area contributed by atoms with Crippen LogP contribution in [-0.2, 0) is 11.2 Å². The normalized spacial score (nSPS) is 23.5. The van der Waals surface area contributed by atoms with Crippen molar-refractivity contribution in [1.29, 1.82) is 0 Å². The summed E-state index contributed by atoms with van der Waals surface area (Å²) in [6.07, 6.45) is -3.31. The summed E-state index contributed by atoms with van der Waals surface area (Å²) < 4.78 is 41.3. The van der Waals surface area contributed by atoms with E-state index in [1.54, 1.807) is 16.9 Å². The molecule has 0 aromatic carbocycles. The van der Waals surface area contributed by atoms with E-state index in [0.717, 1.165) is 0 Å². The van der Waals surface area contributed by atoms with Gasteiger partial charge in [-0.3, -0.25) is 9.48 Å². The highest BCUT2D eigenvalue weighted by Crippen LogP contribution is 2.44. The zero-order chi connectivity index (χ0) is 15.0. The lowest BCUT2D eigenvalue weighted by molar-refractivity contribution is -0.214. The third-order valence-electron chi connectivity index (χ3n) is 3.77. The van der Waals surface area contributed by atoms with E-state index in [9.17, 15) is 18.0 Å². The standard InChI is InChI=1S/C13H18F3N3O/c1-9(2)19-6-3-10(18-19)7-11(20)12(13(14,15)16)4-5-17-8-12/h3,6,9,17H,4-5,7-8H2,1-2H3. The summed E-state index contributed by atoms with van der Waals surface area (Å²) in [6.45, 7) is 3.71. The predicted molar refractivity (Wildman–Crippen MR) is 67.3 cm³/mol. The topological polar surface area (TPSA) is 46.9 Å². The summed E-state index contributed by atoms with van der Waals surface area (Å²) in [6, 6.07) is 1.72. The molecule has 1 atom stereocenters. The molecule has 1 aromatic heterocycles. The van der Waals surface area contributed by atoms with Crippen LogP contribution in [0.4, 0.5) is 13.2 Å². The predicted octanol–water partition coefficient (Wildman–Crippen LogP) is 2.12. The van der Waals surface area contributed by atoms with Gasteiger partial charge in [-0.05, 0) is 32.9 Å². The lowest BCUT2D eigenvalue weighted by Crippen LogP contribution is -2.47. The van der Waals surface area contributed by atoms with Crippen molar-refractivity contribution < 1.29 is 18.0 Å². The highest BCUT2D eigenvalue weighted by atomic mass is 19.4. The van der Waals surface area contributed by atoms with Crippen molar-refractivity contribution in [2.24, 2.45) is 5.41 Å². The summed E-state index contributed by atoms with van der Waals surface area (Å²) in [5.74, 6) is -0.802. The minimum absolute atomic E-state index is 0.114. The van der Waals surface area contributed by atoms with E-state index in [0.29, 0.717) is 5.69 Å². The number of rotatable bonds is 4. The Hall–Kier alpha value is -1.37. The number of carbonyl (C=O) groups excluding carboxylic acids is 1. The SMILES string of the molecule is CC(C)n1ccc(CC(=O)C2(C(F)(F)F)CCNC2)n1. The molecule has 1 aromatic rings. The second kappa shape index (κ2) is 5.20. The van der Waals surface area contributed by atoms with Crippen LogP contribution in [0.3, 0.4) is 0 Å². The first kappa shape index (κ1) is 15.0. The number of nitrogens with one attached hydrogen (secondary N) is 1. The van der Waals surface area contributed by atoms with Crippen LogP contribution in [0.1, 0.15) is 32.0 Å². The molecule has 1 aliphatic heterocycles. The summed E-state index contributed by atoms with van der Waals surface area (Å²) in [5.41, 5.74) is -1.87. The van der Waals surface area contributed by atoms with Gasteiger partial charge >= 0.3 is 6.18 Å². The Morgan fingerprint density at radius 1 is 1.55 bits per heavy atom. The number of carbonyl (C=O) groups is 1. The third-order valence-corrected chi connectivity index (χ3v) is 3.77. The van der Waals surface area contributed by atoms with Gasteiger partial charge < -0.3 is 5.32 Å². The van der Waals surface area contributed by atoms with Gasteiger partial charge in [0.15, 0.2) is 5.78 Å². The fourth-order valence-electron chi connectivity index (χ4n) is 2.42. The highest BCUT2D eigenvalue weighted by Gasteiger charge is 2.60. The van der Waals surface area contributed by atoms with Crippen LogP contribution in [0.2, 0.25) is 0 Å². The van der Waals surface area contributed by atoms with Crippen LogP contribution in [0, 0.1) is 5.41 Å². The summed E-state index contributed by atoms with van der Waals surface area (Å²) in [4.78, 5) is 12.2. The Morgan fingerprint density at radius 2 is 2.25 bits per heavy atom. The van der Waals surface area contributed by atoms with Crippen LogP contribution in [0.5, 0.6) is 0 Å². The summed E-state index contributed by atoms with van der Waals surface area (Å²) in [5, 5.41) is 6.79. The molecule has 0 amide bonds. The van der Waals surface area contributed by atoms with Crippen molar-refractivity contribution in [3.63, 3.8) is 0 Å². The number of aromatic nitrogens is 2. The Kier molecular flexibility index (Phi) is 3.90. The number of nitrogens with zero attached hydrogens (tertiary/aromatic N) is 2. The molecule has 0 radical (unpaired) electrons. The molecule has 1 fully saturated rings. The van der Waals surface area contributed by atoms with E-state index in [-0.39, 0.29) is 32.0 Å². The molecule has 0 spiro atoms. The van der Waals surface area contributed by atoms with Crippen molar-refractivity contribution in [3.05, 3.63) is 18.0 Å². The van der Waals surface area contributed by atoms with Gasteiger partial charge in [-0.25, -0.2) is 0 Å². The smallest absolute Gasteiger partial charge is 0.315 e. The molecule has 2 rings (SSSR count). The Labute approximate surface area is 115 Å². The van der Waals surface area contributed by atoms with Crippen molar-refractivity contribution >= 4 is 5.78 Å². The molecule has 1 N–H and O–H groups in total. The molecule has 0 saturated carbocycles. The van der Waals surface area contributed by atoms with Crippen LogP contribution >= 0.6 is 0 Å². The van der Waals surface area contributed by atoms with Gasteiger partial charge in [-0.1, -0.05) is 0 Å². The third kappa shape index (κ3) is 2.59. The molecular formula is C13H18F3N3O. The number of hydrogen-bond acceptors (Lipinski definition) is 3. The molecular weight excluding hydrogens is 271 g/mol. The molecule has 7 heteroatoms. The fraction of sp³-hybridized carbons (Fsp3) is 0.692. The molecule has 4 nitrogen and oxygen atoms in total. The maximum Gasteiger partial charge on any atom is 0.402 e. The summed E-state index contributed by atoms with van der Waals surface area (Å²) in [7, 11) is 0. The zero-order valence-electron chi connectivity index (χ0n) is 11.5. The number of halogens is 3. The average molecular weight is 289 g/mol. The first-order valence-corrected chi connectivity index (χ1v) is 6.61. The van der Waals surface area contributed by atoms with Gasteiger partial charge in [0.1, 0.15) is 5.41 Å². The van der Waals surface area contributed by atoms with Crippen molar-refractivity contribution in [1.82, 2.24) is 15.1 Å². The molecule has 0 bridgehead atoms. The van der Waals surface area contributed by atoms with Gasteiger partial charge in [-0.15, -0.1) is 0 Å². The molecule has 112 valence electrons. The van der Waals surface area contributed by atoms with E-state index >= 15 is 0 Å². The minimum atomic E-state index is -4.52. The van der Waals surface area contributed by atoms with Crippen LogP contribution in [-0.4, -0.2) is 34.8 Å². The van der Waals surface area contributed by atoms with Gasteiger partial charge in [0.2, 0.25) is 0 Å². The number of ketones is 1. The Balaban J connectivity index is 2.17. The van der Waals surface area contributed by atoms with E-state index in [1.807, 2.05) is 13.8 Å². The molecule has 2 heterocycles. The van der Waals surface area contributed by atoms with Gasteiger partial charge in [0.25, 0.3) is 0 Å². The largest absolute Gasteiger partial charge is 0.402 e. The number of Topliss-reactive ketones (excluding diaryl/α,β-unsaturated/α-hetero) is 1. The van der Waals surface area contributed by atoms with Crippen LogP contribution in [0.25, 0.3) is 0 Å². The average Bonchev–Trinajstić information content (AvgIpc) is 2.96.